The lowest BCUT2D eigenvalue weighted by atomic mass is 9.82. The van der Waals surface area contributed by atoms with Crippen molar-refractivity contribution in [1.82, 2.24) is 10.2 Å². The topological polar surface area (TPSA) is 67.6 Å². The third-order valence-corrected chi connectivity index (χ3v) is 3.19. The maximum atomic E-state index is 11.2. The van der Waals surface area contributed by atoms with Gasteiger partial charge in [0.25, 0.3) is 0 Å². The molecule has 0 unspecified atom stereocenters. The Morgan fingerprint density at radius 3 is 2.93 bits per heavy atom. The average molecular weight is 213 g/mol. The fourth-order valence-electron chi connectivity index (χ4n) is 2.06. The first-order valence-corrected chi connectivity index (χ1v) is 5.64. The van der Waals surface area contributed by atoms with Crippen LogP contribution in [-0.4, -0.2) is 49.8 Å². The van der Waals surface area contributed by atoms with Gasteiger partial charge in [-0.2, -0.15) is 0 Å². The monoisotopic (exact) mass is 213 g/mol. The number of hydrogen-bond acceptors (Lipinski definition) is 3. The van der Waals surface area contributed by atoms with E-state index in [9.17, 15) is 4.79 Å². The van der Waals surface area contributed by atoms with Crippen LogP contribution in [0.2, 0.25) is 0 Å². The molecule has 3 N–H and O–H groups in total. The molecular formula is C10H19N3O2. The van der Waals surface area contributed by atoms with Gasteiger partial charge in [-0.3, -0.25) is 0 Å². The first kappa shape index (κ1) is 10.7. The van der Waals surface area contributed by atoms with Crippen LogP contribution in [0.15, 0.2) is 0 Å². The molecule has 1 saturated carbocycles. The zero-order valence-corrected chi connectivity index (χ0v) is 8.95. The molecule has 2 aliphatic rings. The molecule has 1 aliphatic carbocycles. The summed E-state index contributed by atoms with van der Waals surface area (Å²) in [6, 6.07) is 0.0343. The molecule has 1 heterocycles. The Balaban J connectivity index is 1.54. The molecule has 15 heavy (non-hydrogen) atoms. The predicted molar refractivity (Wildman–Crippen MR) is 56.5 cm³/mol. The molecule has 5 nitrogen and oxygen atoms in total. The number of rotatable bonds is 5. The van der Waals surface area contributed by atoms with Crippen molar-refractivity contribution in [1.29, 1.82) is 0 Å². The van der Waals surface area contributed by atoms with Crippen molar-refractivity contribution in [2.45, 2.75) is 18.9 Å². The van der Waals surface area contributed by atoms with Crippen LogP contribution in [0.1, 0.15) is 12.8 Å². The van der Waals surface area contributed by atoms with Gasteiger partial charge < -0.3 is 20.7 Å². The summed E-state index contributed by atoms with van der Waals surface area (Å²) in [7, 11) is 0. The highest BCUT2D eigenvalue weighted by molar-refractivity contribution is 5.76. The molecule has 2 rings (SSSR count). The summed E-state index contributed by atoms with van der Waals surface area (Å²) in [5, 5.41) is 2.77. The summed E-state index contributed by atoms with van der Waals surface area (Å²) in [6.45, 7) is 3.69. The third-order valence-electron chi connectivity index (χ3n) is 3.19. The SMILES string of the molecule is NCC1CC(OCCN2CCNC2=O)C1. The summed E-state index contributed by atoms with van der Waals surface area (Å²) in [6.07, 6.45) is 2.55. The van der Waals surface area contributed by atoms with Crippen molar-refractivity contribution in [2.24, 2.45) is 11.7 Å². The van der Waals surface area contributed by atoms with Gasteiger partial charge in [-0.25, -0.2) is 4.79 Å². The molecular weight excluding hydrogens is 194 g/mol. The Labute approximate surface area is 89.9 Å². The summed E-state index contributed by atoms with van der Waals surface area (Å²) in [5.74, 6) is 0.657. The second kappa shape index (κ2) is 4.81. The molecule has 2 fully saturated rings. The van der Waals surface area contributed by atoms with E-state index in [0.717, 1.165) is 32.5 Å². The van der Waals surface area contributed by atoms with Crippen molar-refractivity contribution in [3.63, 3.8) is 0 Å². The average Bonchev–Trinajstić information content (AvgIpc) is 2.56. The summed E-state index contributed by atoms with van der Waals surface area (Å²) in [5.41, 5.74) is 5.53. The largest absolute Gasteiger partial charge is 0.376 e. The van der Waals surface area contributed by atoms with Gasteiger partial charge >= 0.3 is 6.03 Å². The highest BCUT2D eigenvalue weighted by Crippen LogP contribution is 2.28. The van der Waals surface area contributed by atoms with Gasteiger partial charge in [0.1, 0.15) is 0 Å². The lowest BCUT2D eigenvalue weighted by molar-refractivity contribution is -0.0312. The first-order valence-electron chi connectivity index (χ1n) is 5.64. The minimum absolute atomic E-state index is 0.0343. The highest BCUT2D eigenvalue weighted by Gasteiger charge is 2.28. The molecule has 2 amide bonds. The molecule has 0 radical (unpaired) electrons. The van der Waals surface area contributed by atoms with Crippen LogP contribution in [0.4, 0.5) is 4.79 Å². The Hall–Kier alpha value is -0.810. The third kappa shape index (κ3) is 2.60. The van der Waals surface area contributed by atoms with Crippen LogP contribution in [0.25, 0.3) is 0 Å². The Kier molecular flexibility index (Phi) is 3.43. The first-order chi connectivity index (χ1) is 7.29. The minimum atomic E-state index is 0.0343. The second-order valence-electron chi connectivity index (χ2n) is 4.28. The van der Waals surface area contributed by atoms with Crippen LogP contribution in [0.3, 0.4) is 0 Å². The fourth-order valence-corrected chi connectivity index (χ4v) is 2.06. The van der Waals surface area contributed by atoms with Gasteiger partial charge in [-0.15, -0.1) is 0 Å². The quantitative estimate of drug-likeness (QED) is 0.662. The van der Waals surface area contributed by atoms with E-state index in [1.165, 1.54) is 0 Å². The van der Waals surface area contributed by atoms with E-state index in [0.29, 0.717) is 25.2 Å². The predicted octanol–water partition coefficient (Wildman–Crippen LogP) is -0.234. The Morgan fingerprint density at radius 2 is 2.33 bits per heavy atom. The standard InChI is InChI=1S/C10H19N3O2/c11-7-8-5-9(6-8)15-4-3-13-2-1-12-10(13)14/h8-9H,1-7,11H2,(H,12,14). The van der Waals surface area contributed by atoms with E-state index in [1.54, 1.807) is 4.90 Å². The van der Waals surface area contributed by atoms with Gasteiger partial charge in [0.2, 0.25) is 0 Å². The highest BCUT2D eigenvalue weighted by atomic mass is 16.5. The fraction of sp³-hybridized carbons (Fsp3) is 0.900. The van der Waals surface area contributed by atoms with Gasteiger partial charge in [-0.05, 0) is 25.3 Å². The van der Waals surface area contributed by atoms with Crippen molar-refractivity contribution in [3.8, 4) is 0 Å². The molecule has 86 valence electrons. The van der Waals surface area contributed by atoms with Gasteiger partial charge in [0.15, 0.2) is 0 Å². The molecule has 0 aromatic rings. The molecule has 5 heteroatoms. The number of urea groups is 1. The van der Waals surface area contributed by atoms with Crippen molar-refractivity contribution in [2.75, 3.05) is 32.8 Å². The maximum absolute atomic E-state index is 11.2. The number of ether oxygens (including phenoxy) is 1. The lowest BCUT2D eigenvalue weighted by Gasteiger charge is -2.34. The maximum Gasteiger partial charge on any atom is 0.317 e. The second-order valence-corrected chi connectivity index (χ2v) is 4.28. The number of carbonyl (C=O) groups excluding carboxylic acids is 1. The molecule has 0 bridgehead atoms. The number of nitrogens with two attached hydrogens (primary N) is 1. The summed E-state index contributed by atoms with van der Waals surface area (Å²) in [4.78, 5) is 13.0. The molecule has 1 aliphatic heterocycles. The van der Waals surface area contributed by atoms with E-state index in [4.69, 9.17) is 10.5 Å². The van der Waals surface area contributed by atoms with Gasteiger partial charge in [-0.1, -0.05) is 0 Å². The van der Waals surface area contributed by atoms with E-state index < -0.39 is 0 Å². The van der Waals surface area contributed by atoms with Crippen molar-refractivity contribution in [3.05, 3.63) is 0 Å². The van der Waals surface area contributed by atoms with Crippen molar-refractivity contribution >= 4 is 6.03 Å². The molecule has 0 aromatic carbocycles. The van der Waals surface area contributed by atoms with Crippen LogP contribution >= 0.6 is 0 Å². The Bertz CT molecular complexity index is 229. The minimum Gasteiger partial charge on any atom is -0.376 e. The molecule has 1 saturated heterocycles. The lowest BCUT2D eigenvalue weighted by Crippen LogP contribution is -2.38. The van der Waals surface area contributed by atoms with Gasteiger partial charge in [0, 0.05) is 19.6 Å². The normalized spacial score (nSPS) is 30.2. The smallest absolute Gasteiger partial charge is 0.317 e. The summed E-state index contributed by atoms with van der Waals surface area (Å²) >= 11 is 0. The number of carbonyl (C=O) groups is 1. The molecule has 0 atom stereocenters. The van der Waals surface area contributed by atoms with E-state index in [-0.39, 0.29) is 6.03 Å². The van der Waals surface area contributed by atoms with Gasteiger partial charge in [0.05, 0.1) is 12.7 Å². The van der Waals surface area contributed by atoms with Crippen LogP contribution in [0.5, 0.6) is 0 Å². The van der Waals surface area contributed by atoms with Crippen LogP contribution in [0, 0.1) is 5.92 Å². The number of nitrogens with one attached hydrogen (secondary N) is 1. The van der Waals surface area contributed by atoms with Crippen LogP contribution in [-0.2, 0) is 4.74 Å². The molecule has 0 spiro atoms. The van der Waals surface area contributed by atoms with E-state index in [2.05, 4.69) is 5.32 Å². The molecule has 0 aromatic heterocycles. The number of amides is 2. The van der Waals surface area contributed by atoms with E-state index >= 15 is 0 Å². The van der Waals surface area contributed by atoms with Crippen molar-refractivity contribution < 1.29 is 9.53 Å². The van der Waals surface area contributed by atoms with E-state index in [1.807, 2.05) is 0 Å². The zero-order chi connectivity index (χ0) is 10.7. The Morgan fingerprint density at radius 1 is 1.53 bits per heavy atom. The zero-order valence-electron chi connectivity index (χ0n) is 8.95. The van der Waals surface area contributed by atoms with Crippen LogP contribution < -0.4 is 11.1 Å². The summed E-state index contributed by atoms with van der Waals surface area (Å²) < 4.78 is 5.64. The number of nitrogens with zero attached hydrogens (tertiary/aromatic N) is 1. The number of hydrogen-bond donors (Lipinski definition) is 2.